The smallest absolute Gasteiger partial charge is 0.338 e. The van der Waals surface area contributed by atoms with Crippen LogP contribution >= 0.6 is 0 Å². The molecular formula is C27H26O8. The Labute approximate surface area is 202 Å². The fraction of sp³-hybridized carbons (Fsp3) is 0.407. The van der Waals surface area contributed by atoms with Gasteiger partial charge in [0, 0.05) is 12.3 Å². The molecule has 0 aliphatic carbocycles. The van der Waals surface area contributed by atoms with Crippen LogP contribution in [0.25, 0.3) is 0 Å². The first-order valence-electron chi connectivity index (χ1n) is 11.8. The molecule has 3 heterocycles. The Balaban J connectivity index is 1.23. The molecular weight excluding hydrogens is 452 g/mol. The van der Waals surface area contributed by atoms with Gasteiger partial charge in [-0.1, -0.05) is 48.5 Å². The quantitative estimate of drug-likeness (QED) is 0.308. The fourth-order valence-corrected chi connectivity index (χ4v) is 5.47. The number of rotatable bonds is 9. The molecule has 5 atom stereocenters. The first-order chi connectivity index (χ1) is 17.0. The third-order valence-electron chi connectivity index (χ3n) is 7.17. The maximum Gasteiger partial charge on any atom is 0.338 e. The Kier molecular flexibility index (Phi) is 6.38. The molecule has 0 N–H and O–H groups in total. The van der Waals surface area contributed by atoms with Gasteiger partial charge >= 0.3 is 23.9 Å². The van der Waals surface area contributed by atoms with Crippen LogP contribution < -0.4 is 0 Å². The Morgan fingerprint density at radius 2 is 1.66 bits per heavy atom. The minimum absolute atomic E-state index is 0.00818. The average Bonchev–Trinajstić information content (AvgIpc) is 3.51. The van der Waals surface area contributed by atoms with Crippen LogP contribution in [0.3, 0.4) is 0 Å². The Morgan fingerprint density at radius 1 is 0.943 bits per heavy atom. The lowest BCUT2D eigenvalue weighted by molar-refractivity contribution is -0.163. The number of esters is 4. The lowest BCUT2D eigenvalue weighted by Crippen LogP contribution is -2.51. The van der Waals surface area contributed by atoms with E-state index in [0.29, 0.717) is 18.4 Å². The van der Waals surface area contributed by atoms with Crippen LogP contribution in [0.2, 0.25) is 0 Å². The second kappa shape index (κ2) is 9.62. The number of aryl methyl sites for hydroxylation is 1. The van der Waals surface area contributed by atoms with Crippen LogP contribution in [0.15, 0.2) is 60.7 Å². The molecule has 0 radical (unpaired) electrons. The van der Waals surface area contributed by atoms with Crippen molar-refractivity contribution in [3.63, 3.8) is 0 Å². The van der Waals surface area contributed by atoms with Crippen LogP contribution in [-0.2, 0) is 39.8 Å². The minimum atomic E-state index is -1.27. The summed E-state index contributed by atoms with van der Waals surface area (Å²) < 4.78 is 22.1. The number of ether oxygens (including phenoxy) is 4. The number of benzene rings is 2. The van der Waals surface area contributed by atoms with Gasteiger partial charge in [0.1, 0.15) is 18.1 Å². The summed E-state index contributed by atoms with van der Waals surface area (Å²) in [5, 5.41) is 0. The molecule has 0 amide bonds. The summed E-state index contributed by atoms with van der Waals surface area (Å²) >= 11 is 0. The van der Waals surface area contributed by atoms with Crippen LogP contribution in [0, 0.1) is 17.8 Å². The van der Waals surface area contributed by atoms with Gasteiger partial charge in [-0.05, 0) is 37.0 Å². The molecule has 1 unspecified atom stereocenters. The molecule has 0 spiro atoms. The van der Waals surface area contributed by atoms with Gasteiger partial charge < -0.3 is 18.9 Å². The molecule has 0 aromatic heterocycles. The van der Waals surface area contributed by atoms with Crippen molar-refractivity contribution in [2.45, 2.75) is 37.4 Å². The predicted octanol–water partition coefficient (Wildman–Crippen LogP) is 2.88. The molecule has 182 valence electrons. The molecule has 2 bridgehead atoms. The molecule has 2 aromatic carbocycles. The van der Waals surface area contributed by atoms with Crippen molar-refractivity contribution >= 4 is 23.9 Å². The molecule has 3 aliphatic rings. The summed E-state index contributed by atoms with van der Waals surface area (Å²) in [7, 11) is 0. The van der Waals surface area contributed by atoms with Gasteiger partial charge in [0.25, 0.3) is 0 Å². The van der Waals surface area contributed by atoms with Gasteiger partial charge in [-0.15, -0.1) is 0 Å². The zero-order valence-corrected chi connectivity index (χ0v) is 19.1. The van der Waals surface area contributed by atoms with Crippen LogP contribution in [0.1, 0.15) is 35.2 Å². The third kappa shape index (κ3) is 4.46. The maximum atomic E-state index is 12.6. The second-order valence-corrected chi connectivity index (χ2v) is 9.25. The molecule has 3 saturated heterocycles. The molecule has 3 fully saturated rings. The first-order valence-corrected chi connectivity index (χ1v) is 11.8. The number of cyclic esters (lactones) is 2. The first kappa shape index (κ1) is 23.2. The molecule has 2 aromatic rings. The van der Waals surface area contributed by atoms with Crippen molar-refractivity contribution in [1.82, 2.24) is 0 Å². The monoisotopic (exact) mass is 478 g/mol. The Hall–Kier alpha value is -3.52. The minimum Gasteiger partial charge on any atom is -0.465 e. The van der Waals surface area contributed by atoms with Crippen molar-refractivity contribution in [1.29, 1.82) is 0 Å². The van der Waals surface area contributed by atoms with E-state index in [2.05, 4.69) is 0 Å². The Morgan fingerprint density at radius 3 is 2.40 bits per heavy atom. The average molecular weight is 478 g/mol. The van der Waals surface area contributed by atoms with Crippen molar-refractivity contribution < 1.29 is 38.1 Å². The van der Waals surface area contributed by atoms with E-state index < -0.39 is 47.4 Å². The Bertz CT molecular complexity index is 1110. The van der Waals surface area contributed by atoms with Crippen LogP contribution in [0.5, 0.6) is 0 Å². The summed E-state index contributed by atoms with van der Waals surface area (Å²) in [6.07, 6.45) is 1.54. The van der Waals surface area contributed by atoms with Gasteiger partial charge in [-0.25, -0.2) is 4.79 Å². The van der Waals surface area contributed by atoms with Crippen molar-refractivity contribution in [3.05, 3.63) is 71.8 Å². The molecule has 0 saturated carbocycles. The lowest BCUT2D eigenvalue weighted by Gasteiger charge is -2.35. The second-order valence-electron chi connectivity index (χ2n) is 9.25. The molecule has 8 nitrogen and oxygen atoms in total. The van der Waals surface area contributed by atoms with E-state index in [1.807, 2.05) is 30.3 Å². The standard InChI is InChI=1S/C27H26O8/c28-21(13-7-10-17-8-3-1-4-9-17)32-15-19-14-20-22-23(26(31)34-25(22)30)27(19,35-20)16-33-24(29)18-11-5-2-6-12-18/h1-6,8-9,11-12,19-20,22-23H,7,10,13-16H2/t19-,20?,22+,23-,27+/m0/s1. The maximum absolute atomic E-state index is 12.6. The van der Waals surface area contributed by atoms with E-state index in [0.717, 1.165) is 12.0 Å². The highest BCUT2D eigenvalue weighted by atomic mass is 16.6. The third-order valence-corrected chi connectivity index (χ3v) is 7.17. The lowest BCUT2D eigenvalue weighted by atomic mass is 9.67. The molecule has 35 heavy (non-hydrogen) atoms. The number of fused-ring (bicyclic) bond motifs is 5. The zero-order valence-electron chi connectivity index (χ0n) is 19.1. The molecule has 5 rings (SSSR count). The highest BCUT2D eigenvalue weighted by Gasteiger charge is 2.73. The normalized spacial score (nSPS) is 28.5. The highest BCUT2D eigenvalue weighted by Crippen LogP contribution is 2.57. The summed E-state index contributed by atoms with van der Waals surface area (Å²) in [5.74, 6) is -4.23. The van der Waals surface area contributed by atoms with E-state index in [9.17, 15) is 19.2 Å². The highest BCUT2D eigenvalue weighted by molar-refractivity contribution is 5.98. The number of hydrogen-bond donors (Lipinski definition) is 0. The largest absolute Gasteiger partial charge is 0.465 e. The van der Waals surface area contributed by atoms with Gasteiger partial charge in [-0.2, -0.15) is 0 Å². The summed E-state index contributed by atoms with van der Waals surface area (Å²) in [5.41, 5.74) is 0.240. The van der Waals surface area contributed by atoms with Crippen molar-refractivity contribution in [2.75, 3.05) is 13.2 Å². The number of carbonyl (C=O) groups is 4. The van der Waals surface area contributed by atoms with E-state index in [4.69, 9.17) is 18.9 Å². The summed E-state index contributed by atoms with van der Waals surface area (Å²) in [6.45, 7) is -0.231. The van der Waals surface area contributed by atoms with Crippen LogP contribution in [0.4, 0.5) is 0 Å². The van der Waals surface area contributed by atoms with Gasteiger partial charge in [-0.3, -0.25) is 14.4 Å². The van der Waals surface area contributed by atoms with Crippen molar-refractivity contribution in [3.8, 4) is 0 Å². The molecule has 3 aliphatic heterocycles. The van der Waals surface area contributed by atoms with Crippen molar-refractivity contribution in [2.24, 2.45) is 17.8 Å². The van der Waals surface area contributed by atoms with E-state index >= 15 is 0 Å². The van der Waals surface area contributed by atoms with E-state index in [1.54, 1.807) is 30.3 Å². The fourth-order valence-electron chi connectivity index (χ4n) is 5.47. The SMILES string of the molecule is O=C(CCCc1ccccc1)OC[C@@H]1CC2O[C@@]1(COC(=O)c1ccccc1)[C@@H]1C(=O)OC(=O)[C@H]21. The van der Waals surface area contributed by atoms with E-state index in [1.165, 1.54) is 0 Å². The van der Waals surface area contributed by atoms with Crippen LogP contribution in [-0.4, -0.2) is 48.8 Å². The van der Waals surface area contributed by atoms with Gasteiger partial charge in [0.2, 0.25) is 0 Å². The van der Waals surface area contributed by atoms with E-state index in [-0.39, 0.29) is 25.6 Å². The summed E-state index contributed by atoms with van der Waals surface area (Å²) in [6, 6.07) is 18.3. The summed E-state index contributed by atoms with van der Waals surface area (Å²) in [4.78, 5) is 49.8. The molecule has 8 heteroatoms. The predicted molar refractivity (Wildman–Crippen MR) is 121 cm³/mol. The van der Waals surface area contributed by atoms with Gasteiger partial charge in [0.05, 0.1) is 24.2 Å². The number of carbonyl (C=O) groups excluding carboxylic acids is 4. The number of hydrogen-bond acceptors (Lipinski definition) is 8. The zero-order chi connectivity index (χ0) is 24.4. The van der Waals surface area contributed by atoms with Gasteiger partial charge in [0.15, 0.2) is 0 Å². The topological polar surface area (TPSA) is 105 Å².